The third kappa shape index (κ3) is 3.47. The molecule has 1 spiro atoms. The first-order chi connectivity index (χ1) is 15.3. The second-order valence-corrected chi connectivity index (χ2v) is 8.87. The number of rotatable bonds is 3. The number of halogens is 3. The van der Waals surface area contributed by atoms with Crippen LogP contribution in [0.2, 0.25) is 5.02 Å². The number of para-hydroxylation sites is 1. The summed E-state index contributed by atoms with van der Waals surface area (Å²) in [5.41, 5.74) is 1.20. The number of carbonyl (C=O) groups excluding carboxylic acids is 1. The van der Waals surface area contributed by atoms with Gasteiger partial charge in [-0.1, -0.05) is 23.7 Å². The molecule has 1 amide bonds. The van der Waals surface area contributed by atoms with Gasteiger partial charge in [-0.3, -0.25) is 4.90 Å². The number of nitriles is 1. The summed E-state index contributed by atoms with van der Waals surface area (Å²) in [4.78, 5) is 18.3. The van der Waals surface area contributed by atoms with Crippen molar-refractivity contribution in [1.29, 1.82) is 5.26 Å². The molecule has 0 N–H and O–H groups in total. The lowest BCUT2D eigenvalue weighted by Crippen LogP contribution is -2.48. The van der Waals surface area contributed by atoms with Gasteiger partial charge in [-0.2, -0.15) is 5.26 Å². The van der Waals surface area contributed by atoms with Gasteiger partial charge in [0, 0.05) is 18.9 Å². The van der Waals surface area contributed by atoms with Crippen LogP contribution in [0.25, 0.3) is 11.0 Å². The smallest absolute Gasteiger partial charge is 0.415 e. The van der Waals surface area contributed by atoms with E-state index < -0.39 is 23.5 Å². The van der Waals surface area contributed by atoms with E-state index in [0.29, 0.717) is 27.3 Å². The van der Waals surface area contributed by atoms with Crippen LogP contribution >= 0.6 is 11.6 Å². The predicted molar refractivity (Wildman–Crippen MR) is 115 cm³/mol. The van der Waals surface area contributed by atoms with Gasteiger partial charge >= 0.3 is 6.09 Å². The number of benzene rings is 2. The van der Waals surface area contributed by atoms with E-state index in [9.17, 15) is 18.8 Å². The Hall–Kier alpha value is -3.18. The van der Waals surface area contributed by atoms with E-state index in [0.717, 1.165) is 0 Å². The SMILES string of the molecule is N#Cc1ccc2ncn(CC3CC4(CCC3(F)F)CN(c3ccccc3Cl)C(=O)O4)c2c1. The first kappa shape index (κ1) is 20.7. The van der Waals surface area contributed by atoms with Crippen molar-refractivity contribution in [2.75, 3.05) is 11.4 Å². The van der Waals surface area contributed by atoms with Crippen LogP contribution in [0.15, 0.2) is 48.8 Å². The number of alkyl halides is 2. The van der Waals surface area contributed by atoms with Gasteiger partial charge in [0.05, 0.1) is 46.2 Å². The molecule has 1 saturated carbocycles. The standard InChI is InChI=1S/C23H19ClF2N4O2/c24-17-3-1-2-4-19(17)30-13-22(32-21(30)31)7-8-23(25,26)16(10-22)12-29-14-28-18-6-5-15(11-27)9-20(18)29/h1-6,9,14,16H,7-8,10,12-13H2. The number of imidazole rings is 1. The number of hydrogen-bond acceptors (Lipinski definition) is 4. The maximum Gasteiger partial charge on any atom is 0.415 e. The number of fused-ring (bicyclic) bond motifs is 1. The minimum Gasteiger partial charge on any atom is -0.441 e. The Morgan fingerprint density at radius 2 is 2.06 bits per heavy atom. The van der Waals surface area contributed by atoms with E-state index in [4.69, 9.17) is 16.3 Å². The summed E-state index contributed by atoms with van der Waals surface area (Å²) in [5, 5.41) is 9.57. The molecule has 5 rings (SSSR count). The zero-order valence-electron chi connectivity index (χ0n) is 17.0. The van der Waals surface area contributed by atoms with Crippen LogP contribution in [-0.4, -0.2) is 33.7 Å². The Labute approximate surface area is 188 Å². The van der Waals surface area contributed by atoms with Gasteiger partial charge in [-0.15, -0.1) is 0 Å². The highest BCUT2D eigenvalue weighted by atomic mass is 35.5. The molecule has 2 atom stereocenters. The molecule has 1 aliphatic heterocycles. The second kappa shape index (κ2) is 7.45. The topological polar surface area (TPSA) is 71.2 Å². The Kier molecular flexibility index (Phi) is 4.82. The van der Waals surface area contributed by atoms with Crippen molar-refractivity contribution in [3.63, 3.8) is 0 Å². The number of ether oxygens (including phenoxy) is 1. The molecule has 6 nitrogen and oxygen atoms in total. The Balaban J connectivity index is 1.43. The molecule has 2 aromatic carbocycles. The third-order valence-electron chi connectivity index (χ3n) is 6.41. The van der Waals surface area contributed by atoms with Gasteiger partial charge < -0.3 is 9.30 Å². The molecule has 0 radical (unpaired) electrons. The molecule has 3 aromatic rings. The number of nitrogens with zero attached hydrogens (tertiary/aromatic N) is 4. The molecule has 164 valence electrons. The Morgan fingerprint density at radius 3 is 2.84 bits per heavy atom. The minimum atomic E-state index is -2.92. The molecule has 0 bridgehead atoms. The average molecular weight is 457 g/mol. The highest BCUT2D eigenvalue weighted by Crippen LogP contribution is 2.48. The lowest BCUT2D eigenvalue weighted by Gasteiger charge is -2.40. The normalized spacial score (nSPS) is 24.6. The van der Waals surface area contributed by atoms with Crippen LogP contribution in [0.3, 0.4) is 0 Å². The van der Waals surface area contributed by atoms with Crippen LogP contribution in [0.1, 0.15) is 24.8 Å². The molecular formula is C23H19ClF2N4O2. The van der Waals surface area contributed by atoms with Crippen LogP contribution in [0.5, 0.6) is 0 Å². The lowest BCUT2D eigenvalue weighted by molar-refractivity contribution is -0.139. The number of anilines is 1. The van der Waals surface area contributed by atoms with Gasteiger partial charge in [0.25, 0.3) is 5.92 Å². The molecular weight excluding hydrogens is 438 g/mol. The summed E-state index contributed by atoms with van der Waals surface area (Å²) < 4.78 is 37.3. The first-order valence-corrected chi connectivity index (χ1v) is 10.7. The second-order valence-electron chi connectivity index (χ2n) is 8.46. The lowest BCUT2D eigenvalue weighted by atomic mass is 9.75. The van der Waals surface area contributed by atoms with Crippen molar-refractivity contribution in [2.45, 2.75) is 37.3 Å². The quantitative estimate of drug-likeness (QED) is 0.529. The summed E-state index contributed by atoms with van der Waals surface area (Å²) >= 11 is 6.24. The molecule has 1 aliphatic carbocycles. The minimum absolute atomic E-state index is 0.00375. The summed E-state index contributed by atoms with van der Waals surface area (Å²) in [5.74, 6) is -3.97. The number of aromatic nitrogens is 2. The van der Waals surface area contributed by atoms with Crippen molar-refractivity contribution in [1.82, 2.24) is 9.55 Å². The van der Waals surface area contributed by atoms with E-state index in [-0.39, 0.29) is 32.4 Å². The molecule has 32 heavy (non-hydrogen) atoms. The average Bonchev–Trinajstić information content (AvgIpc) is 3.32. The molecule has 9 heteroatoms. The summed E-state index contributed by atoms with van der Waals surface area (Å²) in [6.07, 6.45) is 0.655. The zero-order valence-corrected chi connectivity index (χ0v) is 17.7. The molecule has 2 unspecified atom stereocenters. The molecule has 2 heterocycles. The van der Waals surface area contributed by atoms with Gasteiger partial charge in [-0.25, -0.2) is 18.6 Å². The summed E-state index contributed by atoms with van der Waals surface area (Å²) in [6.45, 7) is 0.176. The van der Waals surface area contributed by atoms with Gasteiger partial charge in [0.15, 0.2) is 0 Å². The highest BCUT2D eigenvalue weighted by molar-refractivity contribution is 6.33. The molecule has 2 fully saturated rings. The number of carbonyl (C=O) groups is 1. The van der Waals surface area contributed by atoms with E-state index in [2.05, 4.69) is 11.1 Å². The fourth-order valence-corrected chi connectivity index (χ4v) is 4.96. The maximum absolute atomic E-state index is 15.0. The predicted octanol–water partition coefficient (Wildman–Crippen LogP) is 5.39. The maximum atomic E-state index is 15.0. The monoisotopic (exact) mass is 456 g/mol. The van der Waals surface area contributed by atoms with E-state index in [1.807, 2.05) is 0 Å². The van der Waals surface area contributed by atoms with Gasteiger partial charge in [0.1, 0.15) is 5.60 Å². The highest BCUT2D eigenvalue weighted by Gasteiger charge is 2.56. The number of amides is 1. The van der Waals surface area contributed by atoms with E-state index in [1.165, 1.54) is 11.2 Å². The summed E-state index contributed by atoms with van der Waals surface area (Å²) in [6, 6.07) is 14.0. The van der Waals surface area contributed by atoms with Gasteiger partial charge in [-0.05, 0) is 43.2 Å². The van der Waals surface area contributed by atoms with Crippen LogP contribution in [0.4, 0.5) is 19.3 Å². The van der Waals surface area contributed by atoms with Crippen molar-refractivity contribution >= 4 is 34.4 Å². The van der Waals surface area contributed by atoms with Crippen molar-refractivity contribution in [3.8, 4) is 6.07 Å². The molecule has 1 saturated heterocycles. The van der Waals surface area contributed by atoms with E-state index >= 15 is 0 Å². The Bertz CT molecular complexity index is 1250. The van der Waals surface area contributed by atoms with Crippen LogP contribution in [-0.2, 0) is 11.3 Å². The Morgan fingerprint density at radius 1 is 1.25 bits per heavy atom. The van der Waals surface area contributed by atoms with Crippen LogP contribution in [0, 0.1) is 17.2 Å². The van der Waals surface area contributed by atoms with Crippen molar-refractivity contribution in [3.05, 3.63) is 59.4 Å². The molecule has 1 aromatic heterocycles. The fraction of sp³-hybridized carbons (Fsp3) is 0.348. The van der Waals surface area contributed by atoms with Crippen molar-refractivity contribution in [2.24, 2.45) is 5.92 Å². The zero-order chi connectivity index (χ0) is 22.5. The van der Waals surface area contributed by atoms with Gasteiger partial charge in [0.2, 0.25) is 0 Å². The fourth-order valence-electron chi connectivity index (χ4n) is 4.72. The largest absolute Gasteiger partial charge is 0.441 e. The van der Waals surface area contributed by atoms with Crippen molar-refractivity contribution < 1.29 is 18.3 Å². The number of hydrogen-bond donors (Lipinski definition) is 0. The summed E-state index contributed by atoms with van der Waals surface area (Å²) in [7, 11) is 0. The third-order valence-corrected chi connectivity index (χ3v) is 6.73. The molecule has 2 aliphatic rings. The van der Waals surface area contributed by atoms with Crippen LogP contribution < -0.4 is 4.90 Å². The van der Waals surface area contributed by atoms with E-state index in [1.54, 1.807) is 47.0 Å². The first-order valence-electron chi connectivity index (χ1n) is 10.3.